The average Bonchev–Trinajstić information content (AvgIpc) is 2.86. The molecule has 10 heteroatoms. The van der Waals surface area contributed by atoms with Crippen molar-refractivity contribution in [2.24, 2.45) is 0 Å². The van der Waals surface area contributed by atoms with E-state index in [4.69, 9.17) is 0 Å². The molecule has 23 heavy (non-hydrogen) atoms. The molecule has 0 spiro atoms. The first-order valence-electron chi connectivity index (χ1n) is 7.56. The highest BCUT2D eigenvalue weighted by atomic mass is 32.2. The Hall–Kier alpha value is -0.810. The zero-order valence-electron chi connectivity index (χ0n) is 14.1. The molecule has 0 saturated heterocycles. The number of hydrogen-bond donors (Lipinski definition) is 5. The highest BCUT2D eigenvalue weighted by Gasteiger charge is 2.27. The Balaban J connectivity index is 2.06. The normalized spacial score (nSPS) is 15.7. The number of unbranched alkanes of at least 4 members (excludes halogenated alkanes) is 2. The Morgan fingerprint density at radius 3 is 2.39 bits per heavy atom. The van der Waals surface area contributed by atoms with Crippen LogP contribution in [0.4, 0.5) is 0 Å². The first-order valence-corrected chi connectivity index (χ1v) is 9.86. The quantitative estimate of drug-likeness (QED) is 0.230. The van der Waals surface area contributed by atoms with E-state index in [2.05, 4.69) is 25.8 Å². The Morgan fingerprint density at radius 2 is 1.83 bits per heavy atom. The van der Waals surface area contributed by atoms with E-state index in [-0.39, 0.29) is 5.91 Å². The molecular weight excluding hydrogens is 338 g/mol. The standard InChI is InChI=1S/C13H27N5O3S2/c1-10-11(22-18-16-10)12(19)17-14-8-6-5-7-9-15-23(20,21)13(2,3)4/h14-16,18H,5-9H2,1-4H3,(H,17,19). The largest absolute Gasteiger partial charge is 0.315 e. The second kappa shape index (κ2) is 8.88. The van der Waals surface area contributed by atoms with Gasteiger partial charge in [-0.2, -0.15) is 4.83 Å². The lowest BCUT2D eigenvalue weighted by Crippen LogP contribution is -2.40. The van der Waals surface area contributed by atoms with Gasteiger partial charge < -0.3 is 5.43 Å². The second-order valence-corrected chi connectivity index (χ2v) is 9.57. The van der Waals surface area contributed by atoms with Crippen molar-refractivity contribution in [1.29, 1.82) is 0 Å². The van der Waals surface area contributed by atoms with Crippen molar-refractivity contribution in [3.8, 4) is 0 Å². The summed E-state index contributed by atoms with van der Waals surface area (Å²) in [5.41, 5.74) is 9.14. The second-order valence-electron chi connectivity index (χ2n) is 6.23. The highest BCUT2D eigenvalue weighted by molar-refractivity contribution is 8.02. The lowest BCUT2D eigenvalue weighted by atomic mass is 10.2. The predicted molar refractivity (Wildman–Crippen MR) is 93.2 cm³/mol. The van der Waals surface area contributed by atoms with Crippen LogP contribution in [0.3, 0.4) is 0 Å². The summed E-state index contributed by atoms with van der Waals surface area (Å²) in [6.45, 7) is 7.91. The van der Waals surface area contributed by atoms with E-state index < -0.39 is 14.8 Å². The van der Waals surface area contributed by atoms with Crippen LogP contribution < -0.4 is 25.8 Å². The van der Waals surface area contributed by atoms with Crippen molar-refractivity contribution >= 4 is 27.9 Å². The van der Waals surface area contributed by atoms with Crippen molar-refractivity contribution < 1.29 is 13.2 Å². The number of allylic oxidation sites excluding steroid dienone is 1. The SMILES string of the molecule is CC1=C(C(=O)NNCCCCCNS(=O)(=O)C(C)(C)C)SNN1. The van der Waals surface area contributed by atoms with Gasteiger partial charge in [-0.3, -0.25) is 10.2 Å². The summed E-state index contributed by atoms with van der Waals surface area (Å²) < 4.78 is 25.5. The fourth-order valence-electron chi connectivity index (χ4n) is 1.64. The number of hydrogen-bond acceptors (Lipinski definition) is 7. The number of amides is 1. The molecule has 0 bridgehead atoms. The van der Waals surface area contributed by atoms with E-state index in [0.29, 0.717) is 18.0 Å². The van der Waals surface area contributed by atoms with Crippen LogP contribution in [0.2, 0.25) is 0 Å². The molecule has 1 aliphatic heterocycles. The molecule has 1 amide bonds. The van der Waals surface area contributed by atoms with Crippen LogP contribution in [-0.2, 0) is 14.8 Å². The molecule has 0 aliphatic carbocycles. The van der Waals surface area contributed by atoms with E-state index in [1.54, 1.807) is 20.8 Å². The number of nitrogens with one attached hydrogen (secondary N) is 5. The lowest BCUT2D eigenvalue weighted by molar-refractivity contribution is -0.117. The zero-order valence-corrected chi connectivity index (χ0v) is 15.7. The Kier molecular flexibility index (Phi) is 7.81. The van der Waals surface area contributed by atoms with E-state index >= 15 is 0 Å². The Labute approximate surface area is 142 Å². The van der Waals surface area contributed by atoms with Crippen LogP contribution in [0.15, 0.2) is 10.6 Å². The predicted octanol–water partition coefficient (Wildman–Crippen LogP) is 0.483. The maximum absolute atomic E-state index is 11.8. The van der Waals surface area contributed by atoms with Crippen molar-refractivity contribution in [2.75, 3.05) is 13.1 Å². The summed E-state index contributed by atoms with van der Waals surface area (Å²) in [4.78, 5) is 15.2. The number of carbonyl (C=O) groups excluding carboxylic acids is 1. The fraction of sp³-hybridized carbons (Fsp3) is 0.769. The summed E-state index contributed by atoms with van der Waals surface area (Å²) in [5, 5.41) is 0. The number of rotatable bonds is 9. The number of carbonyl (C=O) groups is 1. The summed E-state index contributed by atoms with van der Waals surface area (Å²) in [6.07, 6.45) is 2.48. The number of sulfonamides is 1. The molecular formula is C13H27N5O3S2. The Bertz CT molecular complexity index is 540. The topological polar surface area (TPSA) is 111 Å². The lowest BCUT2D eigenvalue weighted by Gasteiger charge is -2.19. The van der Waals surface area contributed by atoms with Crippen molar-refractivity contribution in [3.05, 3.63) is 10.6 Å². The third-order valence-corrected chi connectivity index (χ3v) is 6.31. The molecule has 1 heterocycles. The van der Waals surface area contributed by atoms with Crippen molar-refractivity contribution in [1.82, 2.24) is 25.8 Å². The zero-order chi connectivity index (χ0) is 17.5. The summed E-state index contributed by atoms with van der Waals surface area (Å²) >= 11 is 1.24. The first-order chi connectivity index (χ1) is 10.6. The van der Waals surface area contributed by atoms with Gasteiger partial charge in [-0.25, -0.2) is 18.6 Å². The van der Waals surface area contributed by atoms with Crippen LogP contribution in [0.25, 0.3) is 0 Å². The van der Waals surface area contributed by atoms with E-state index in [9.17, 15) is 13.2 Å². The van der Waals surface area contributed by atoms with E-state index in [1.807, 2.05) is 6.92 Å². The van der Waals surface area contributed by atoms with Gasteiger partial charge in [-0.1, -0.05) is 6.42 Å². The van der Waals surface area contributed by atoms with Crippen LogP contribution in [0.1, 0.15) is 47.0 Å². The highest BCUT2D eigenvalue weighted by Crippen LogP contribution is 2.19. The van der Waals surface area contributed by atoms with Gasteiger partial charge in [0, 0.05) is 18.8 Å². The van der Waals surface area contributed by atoms with Crippen LogP contribution in [0.5, 0.6) is 0 Å². The maximum Gasteiger partial charge on any atom is 0.274 e. The molecule has 0 aromatic heterocycles. The molecule has 1 rings (SSSR count). The molecule has 0 aromatic carbocycles. The van der Waals surface area contributed by atoms with Gasteiger partial charge in [-0.15, -0.1) is 0 Å². The monoisotopic (exact) mass is 365 g/mol. The van der Waals surface area contributed by atoms with Gasteiger partial charge in [0.25, 0.3) is 5.91 Å². The van der Waals surface area contributed by atoms with Gasteiger partial charge in [-0.05, 0) is 52.5 Å². The third kappa shape index (κ3) is 6.68. The summed E-state index contributed by atoms with van der Waals surface area (Å²) in [5.74, 6) is -0.178. The van der Waals surface area contributed by atoms with E-state index in [0.717, 1.165) is 25.0 Å². The van der Waals surface area contributed by atoms with Crippen LogP contribution in [-0.4, -0.2) is 32.2 Å². The summed E-state index contributed by atoms with van der Waals surface area (Å²) in [6, 6.07) is 0. The van der Waals surface area contributed by atoms with E-state index in [1.165, 1.54) is 11.9 Å². The van der Waals surface area contributed by atoms with Crippen molar-refractivity contribution in [2.45, 2.75) is 51.7 Å². The van der Waals surface area contributed by atoms with Crippen LogP contribution >= 0.6 is 11.9 Å². The molecule has 5 N–H and O–H groups in total. The average molecular weight is 366 g/mol. The van der Waals surface area contributed by atoms with Gasteiger partial charge in [0.05, 0.1) is 4.75 Å². The first kappa shape index (κ1) is 20.2. The molecule has 0 saturated carbocycles. The molecule has 0 unspecified atom stereocenters. The minimum absolute atomic E-state index is 0.178. The smallest absolute Gasteiger partial charge is 0.274 e. The molecule has 0 fully saturated rings. The van der Waals surface area contributed by atoms with Gasteiger partial charge in [0.15, 0.2) is 0 Å². The molecule has 0 radical (unpaired) electrons. The molecule has 134 valence electrons. The number of hydrazine groups is 2. The fourth-order valence-corrected chi connectivity index (χ4v) is 3.14. The van der Waals surface area contributed by atoms with Gasteiger partial charge >= 0.3 is 0 Å². The molecule has 8 nitrogen and oxygen atoms in total. The molecule has 0 aromatic rings. The van der Waals surface area contributed by atoms with Crippen LogP contribution in [0, 0.1) is 0 Å². The molecule has 0 atom stereocenters. The maximum atomic E-state index is 11.8. The van der Waals surface area contributed by atoms with Gasteiger partial charge in [0.1, 0.15) is 4.91 Å². The Morgan fingerprint density at radius 1 is 1.17 bits per heavy atom. The van der Waals surface area contributed by atoms with Crippen molar-refractivity contribution in [3.63, 3.8) is 0 Å². The third-order valence-electron chi connectivity index (χ3n) is 3.22. The molecule has 1 aliphatic rings. The van der Waals surface area contributed by atoms with Gasteiger partial charge in [0.2, 0.25) is 10.0 Å². The minimum atomic E-state index is -3.26. The summed E-state index contributed by atoms with van der Waals surface area (Å²) in [7, 11) is -3.26. The minimum Gasteiger partial charge on any atom is -0.315 e.